The Morgan fingerprint density at radius 2 is 1.17 bits per heavy atom. The average Bonchev–Trinajstić information content (AvgIpc) is 4.10. The summed E-state index contributed by atoms with van der Waals surface area (Å²) in [6, 6.07) is 38.5. The quantitative estimate of drug-likeness (QED) is 0.118. The molecule has 0 atom stereocenters. The molecule has 0 saturated carbocycles. The van der Waals surface area contributed by atoms with E-state index in [1.807, 2.05) is 65.4 Å². The van der Waals surface area contributed by atoms with E-state index in [9.17, 15) is 5.48 Å². The van der Waals surface area contributed by atoms with Gasteiger partial charge in [-0.15, -0.1) is 0 Å². The zero-order chi connectivity index (χ0) is 55.9. The Balaban J connectivity index is 1.12. The van der Waals surface area contributed by atoms with Gasteiger partial charge >= 0.3 is 0 Å². The molecule has 0 unspecified atom stereocenters. The number of pyridine rings is 1. The number of benzene rings is 8. The molecular formula is C64H54N4O. The summed E-state index contributed by atoms with van der Waals surface area (Å²) < 4.78 is 102. The van der Waals surface area contributed by atoms with Gasteiger partial charge in [0.1, 0.15) is 17.3 Å². The highest BCUT2D eigenvalue weighted by molar-refractivity contribution is 6.09. The van der Waals surface area contributed by atoms with Crippen LogP contribution in [-0.2, 0) is 16.2 Å². The van der Waals surface area contributed by atoms with Gasteiger partial charge in [0, 0.05) is 33.9 Å². The van der Waals surface area contributed by atoms with Crippen molar-refractivity contribution < 1.29 is 23.0 Å². The van der Waals surface area contributed by atoms with Crippen molar-refractivity contribution in [3.8, 4) is 50.9 Å². The predicted molar refractivity (Wildman–Crippen MR) is 283 cm³/mol. The highest BCUT2D eigenvalue weighted by Crippen LogP contribution is 2.51. The van der Waals surface area contributed by atoms with E-state index in [-0.39, 0.29) is 33.4 Å². The minimum absolute atomic E-state index is 0.102. The SMILES string of the molecule is [2H]c1c([2H])c([2H])c(-c2cccc(-c3c([2H])c([2H])c([2H])c([2H])c3[2H])c2-[n+]2[c-]n(-c3cccc(Oc4ccc5c6ccccc6n(-c6cc(C(C)(C)C)ccn6)c5c4)c3)c3cc4c(cc32)C(C)(C)c2ccccc2C4(C)C)c([2H])c1[2H]. The molecule has 0 fully saturated rings. The molecule has 8 aromatic carbocycles. The third-order valence-electron chi connectivity index (χ3n) is 14.0. The van der Waals surface area contributed by atoms with Crippen LogP contribution in [0.4, 0.5) is 0 Å². The first kappa shape index (κ1) is 32.6. The molecule has 0 N–H and O–H groups in total. The van der Waals surface area contributed by atoms with Crippen LogP contribution in [0.2, 0.25) is 0 Å². The van der Waals surface area contributed by atoms with Gasteiger partial charge in [0.05, 0.1) is 47.1 Å². The molecule has 0 spiro atoms. The number of hydrogen-bond donors (Lipinski definition) is 0. The van der Waals surface area contributed by atoms with E-state index in [0.29, 0.717) is 28.2 Å². The zero-order valence-electron chi connectivity index (χ0n) is 49.5. The van der Waals surface area contributed by atoms with Gasteiger partial charge in [0.2, 0.25) is 0 Å². The first-order chi connectivity index (χ1) is 37.5. The molecule has 3 heterocycles. The molecule has 69 heavy (non-hydrogen) atoms. The summed E-state index contributed by atoms with van der Waals surface area (Å²) in [5, 5.41) is 2.12. The minimum atomic E-state index is -0.568. The van der Waals surface area contributed by atoms with Gasteiger partial charge < -0.3 is 4.74 Å². The summed E-state index contributed by atoms with van der Waals surface area (Å²) in [5.41, 5.74) is 8.52. The van der Waals surface area contributed by atoms with Crippen molar-refractivity contribution in [3.05, 3.63) is 234 Å². The first-order valence-corrected chi connectivity index (χ1v) is 23.2. The fourth-order valence-electron chi connectivity index (χ4n) is 10.5. The van der Waals surface area contributed by atoms with Crippen molar-refractivity contribution in [1.29, 1.82) is 0 Å². The Morgan fingerprint density at radius 3 is 1.86 bits per heavy atom. The van der Waals surface area contributed by atoms with Crippen molar-refractivity contribution in [2.75, 3.05) is 0 Å². The molecule has 12 rings (SSSR count). The van der Waals surface area contributed by atoms with Crippen LogP contribution >= 0.6 is 0 Å². The maximum atomic E-state index is 9.28. The number of rotatable bonds is 7. The molecule has 1 aliphatic carbocycles. The van der Waals surface area contributed by atoms with Crippen LogP contribution in [0.3, 0.4) is 0 Å². The molecular weight excluding hydrogens is 841 g/mol. The van der Waals surface area contributed by atoms with Crippen molar-refractivity contribution >= 4 is 32.8 Å². The van der Waals surface area contributed by atoms with Gasteiger partial charge in [-0.2, -0.15) is 0 Å². The van der Waals surface area contributed by atoms with Crippen LogP contribution in [0.1, 0.15) is 90.0 Å². The van der Waals surface area contributed by atoms with Crippen LogP contribution in [0, 0.1) is 6.33 Å². The van der Waals surface area contributed by atoms with Gasteiger partial charge in [0.15, 0.2) is 0 Å². The molecule has 0 aliphatic heterocycles. The van der Waals surface area contributed by atoms with E-state index in [1.54, 1.807) is 22.8 Å². The molecule has 0 amide bonds. The van der Waals surface area contributed by atoms with E-state index in [0.717, 1.165) is 49.9 Å². The molecule has 3 aromatic heterocycles. The lowest BCUT2D eigenvalue weighted by atomic mass is 9.60. The van der Waals surface area contributed by atoms with Crippen LogP contribution < -0.4 is 9.30 Å². The Kier molecular flexibility index (Phi) is 7.47. The Bertz CT molecular complexity index is 4270. The smallest absolute Gasteiger partial charge is 0.269 e. The summed E-state index contributed by atoms with van der Waals surface area (Å²) in [7, 11) is 0. The van der Waals surface area contributed by atoms with Crippen molar-refractivity contribution in [3.63, 3.8) is 0 Å². The molecule has 336 valence electrons. The number of para-hydroxylation sites is 2. The number of ether oxygens (including phenoxy) is 1. The standard InChI is InChI=1S/C64H54N4O/c1-62(2,3)44-34-35-65-60(36-44)68-56-31-17-14-26-50(56)51-33-32-47(38-57(51)68)69-46-25-18-24-45(37-46)66-41-67(61-48(42-20-10-8-11-21-42)27-19-28-49(61)43-22-12-9-13-23-43)59-40-55-54(39-58(59)66)63(4,5)52-29-15-16-30-53(52)64(55,6)7/h8-40H,1-7H3/i8D,9D,10D,11D,12D,13D,20D,21D,22D,23D. The average molecular weight is 905 g/mol. The molecule has 1 aliphatic rings. The molecule has 11 aromatic rings. The van der Waals surface area contributed by atoms with Crippen LogP contribution in [-0.4, -0.2) is 14.1 Å². The fourth-order valence-corrected chi connectivity index (χ4v) is 10.5. The maximum absolute atomic E-state index is 9.28. The summed E-state index contributed by atoms with van der Waals surface area (Å²) in [6.45, 7) is 15.4. The fraction of sp³-hybridized carbons (Fsp3) is 0.156. The lowest BCUT2D eigenvalue weighted by Gasteiger charge is -2.44. The van der Waals surface area contributed by atoms with Gasteiger partial charge in [0.25, 0.3) is 6.33 Å². The topological polar surface area (TPSA) is 35.9 Å². The number of imidazole rings is 1. The molecule has 0 radical (unpaired) electrons. The zero-order valence-corrected chi connectivity index (χ0v) is 39.5. The van der Waals surface area contributed by atoms with Crippen molar-refractivity contribution in [2.24, 2.45) is 0 Å². The lowest BCUT2D eigenvalue weighted by Crippen LogP contribution is -2.37. The second kappa shape index (κ2) is 15.8. The Hall–Kier alpha value is -8.02. The van der Waals surface area contributed by atoms with E-state index in [4.69, 9.17) is 17.9 Å². The third kappa shape index (κ3) is 6.90. The Labute approximate surface area is 418 Å². The Morgan fingerprint density at radius 1 is 0.565 bits per heavy atom. The summed E-state index contributed by atoms with van der Waals surface area (Å²) >= 11 is 0. The number of aromatic nitrogens is 4. The van der Waals surface area contributed by atoms with E-state index in [2.05, 4.69) is 120 Å². The number of nitrogens with zero attached hydrogens (tertiary/aromatic N) is 4. The summed E-state index contributed by atoms with van der Waals surface area (Å²) in [5.74, 6) is 1.90. The molecule has 0 saturated heterocycles. The van der Waals surface area contributed by atoms with Crippen LogP contribution in [0.25, 0.3) is 72.3 Å². The maximum Gasteiger partial charge on any atom is 0.269 e. The highest BCUT2D eigenvalue weighted by atomic mass is 16.5. The lowest BCUT2D eigenvalue weighted by molar-refractivity contribution is -0.571. The monoisotopic (exact) mass is 904 g/mol. The normalized spacial score (nSPS) is 16.0. The van der Waals surface area contributed by atoms with Gasteiger partial charge in [-0.3, -0.25) is 13.7 Å². The van der Waals surface area contributed by atoms with Crippen LogP contribution in [0.15, 0.2) is 200 Å². The largest absolute Gasteiger partial charge is 0.458 e. The molecule has 0 bridgehead atoms. The van der Waals surface area contributed by atoms with Crippen molar-refractivity contribution in [2.45, 2.75) is 64.7 Å². The van der Waals surface area contributed by atoms with Gasteiger partial charge in [-0.25, -0.2) is 4.98 Å². The molecule has 5 nitrogen and oxygen atoms in total. The number of fused-ring (bicyclic) bond motifs is 6. The van der Waals surface area contributed by atoms with Gasteiger partial charge in [-0.1, -0.05) is 176 Å². The summed E-state index contributed by atoms with van der Waals surface area (Å²) in [6.07, 6.45) is 5.49. The first-order valence-electron chi connectivity index (χ1n) is 28.2. The highest BCUT2D eigenvalue weighted by Gasteiger charge is 2.42. The summed E-state index contributed by atoms with van der Waals surface area (Å²) in [4.78, 5) is 4.87. The second-order valence-corrected chi connectivity index (χ2v) is 19.9. The van der Waals surface area contributed by atoms with E-state index < -0.39 is 71.3 Å². The molecule has 5 heteroatoms. The van der Waals surface area contributed by atoms with Crippen molar-refractivity contribution in [1.82, 2.24) is 14.1 Å². The predicted octanol–water partition coefficient (Wildman–Crippen LogP) is 15.6. The van der Waals surface area contributed by atoms with Gasteiger partial charge in [-0.05, 0) is 116 Å². The number of hydrogen-bond acceptors (Lipinski definition) is 2. The third-order valence-corrected chi connectivity index (χ3v) is 14.0. The van der Waals surface area contributed by atoms with Crippen LogP contribution in [0.5, 0.6) is 11.5 Å². The van der Waals surface area contributed by atoms with E-state index >= 15 is 0 Å². The van der Waals surface area contributed by atoms with E-state index in [1.165, 1.54) is 5.56 Å². The second-order valence-electron chi connectivity index (χ2n) is 19.9. The minimum Gasteiger partial charge on any atom is -0.458 e.